The molecule has 0 bridgehead atoms. The van der Waals surface area contributed by atoms with Gasteiger partial charge in [0, 0.05) is 17.5 Å². The van der Waals surface area contributed by atoms with Crippen LogP contribution < -0.4 is 5.32 Å². The Balaban J connectivity index is 1.88. The summed E-state index contributed by atoms with van der Waals surface area (Å²) in [6.45, 7) is 0. The Morgan fingerprint density at radius 3 is 2.56 bits per heavy atom. The Kier molecular flexibility index (Phi) is 4.91. The van der Waals surface area contributed by atoms with Crippen LogP contribution in [0.5, 0.6) is 0 Å². The van der Waals surface area contributed by atoms with Crippen molar-refractivity contribution in [1.82, 2.24) is 0 Å². The Hall–Kier alpha value is -0.280. The first-order valence-electron chi connectivity index (χ1n) is 5.80. The van der Waals surface area contributed by atoms with E-state index in [1.54, 1.807) is 0 Å². The van der Waals surface area contributed by atoms with Crippen molar-refractivity contribution in [3.05, 3.63) is 29.8 Å². The average molecular weight is 253 g/mol. The molecule has 0 aliphatic carbocycles. The lowest BCUT2D eigenvalue weighted by molar-refractivity contribution is 0.667. The first-order valence-corrected chi connectivity index (χ1v) is 8.35. The van der Waals surface area contributed by atoms with E-state index in [4.69, 9.17) is 0 Å². The molecule has 1 heterocycles. The summed E-state index contributed by atoms with van der Waals surface area (Å²) in [7, 11) is 0. The van der Waals surface area contributed by atoms with Gasteiger partial charge in [0.1, 0.15) is 0 Å². The Morgan fingerprint density at radius 2 is 1.94 bits per heavy atom. The van der Waals surface area contributed by atoms with E-state index < -0.39 is 0 Å². The summed E-state index contributed by atoms with van der Waals surface area (Å²) >= 11 is 3.95. The van der Waals surface area contributed by atoms with Gasteiger partial charge in [-0.15, -0.1) is 0 Å². The molecule has 1 N–H and O–H groups in total. The monoisotopic (exact) mass is 253 g/mol. The van der Waals surface area contributed by atoms with Gasteiger partial charge >= 0.3 is 0 Å². The average Bonchev–Trinajstić information content (AvgIpc) is 2.33. The maximum Gasteiger partial charge on any atom is 0.0342 e. The molecule has 0 amide bonds. The third kappa shape index (κ3) is 3.63. The van der Waals surface area contributed by atoms with Gasteiger partial charge in [-0.05, 0) is 48.3 Å². The van der Waals surface area contributed by atoms with Gasteiger partial charge in [0.25, 0.3) is 0 Å². The second-order valence-corrected chi connectivity index (χ2v) is 6.25. The van der Waals surface area contributed by atoms with E-state index in [1.807, 2.05) is 11.8 Å². The molecule has 2 rings (SSSR count). The van der Waals surface area contributed by atoms with Gasteiger partial charge in [0.05, 0.1) is 0 Å². The number of anilines is 1. The van der Waals surface area contributed by atoms with Crippen molar-refractivity contribution in [3.8, 4) is 0 Å². The fourth-order valence-corrected chi connectivity index (χ4v) is 3.57. The molecule has 0 atom stereocenters. The molecule has 0 aromatic heterocycles. The van der Waals surface area contributed by atoms with Crippen LogP contribution in [0.3, 0.4) is 0 Å². The summed E-state index contributed by atoms with van der Waals surface area (Å²) in [6, 6.07) is 9.58. The molecule has 0 unspecified atom stereocenters. The fraction of sp³-hybridized carbons (Fsp3) is 0.538. The van der Waals surface area contributed by atoms with Crippen LogP contribution in [0.25, 0.3) is 0 Å². The smallest absolute Gasteiger partial charge is 0.0342 e. The zero-order chi connectivity index (χ0) is 11.2. The van der Waals surface area contributed by atoms with Gasteiger partial charge in [-0.2, -0.15) is 23.5 Å². The van der Waals surface area contributed by atoms with Crippen molar-refractivity contribution in [2.45, 2.75) is 24.6 Å². The van der Waals surface area contributed by atoms with Crippen LogP contribution in [0.1, 0.15) is 18.4 Å². The molecule has 16 heavy (non-hydrogen) atoms. The molecule has 1 aromatic rings. The number of hydrogen-bond acceptors (Lipinski definition) is 3. The summed E-state index contributed by atoms with van der Waals surface area (Å²) in [5, 5.41) is 3.63. The fourth-order valence-electron chi connectivity index (χ4n) is 1.94. The van der Waals surface area contributed by atoms with Crippen LogP contribution in [0, 0.1) is 0 Å². The summed E-state index contributed by atoms with van der Waals surface area (Å²) in [6.07, 6.45) is 4.75. The standard InChI is InChI=1S/C13H19NS2/c1-15-10-11-2-4-12(5-3-11)14-13-6-8-16-9-7-13/h2-5,13-14H,6-10H2,1H3. The van der Waals surface area contributed by atoms with Gasteiger partial charge in [-0.1, -0.05) is 12.1 Å². The lowest BCUT2D eigenvalue weighted by Crippen LogP contribution is -2.24. The van der Waals surface area contributed by atoms with Gasteiger partial charge in [0.2, 0.25) is 0 Å². The van der Waals surface area contributed by atoms with Crippen LogP contribution in [-0.2, 0) is 5.75 Å². The second kappa shape index (κ2) is 6.45. The van der Waals surface area contributed by atoms with Gasteiger partial charge in [0.15, 0.2) is 0 Å². The maximum atomic E-state index is 3.63. The molecule has 3 heteroatoms. The molecule has 88 valence electrons. The van der Waals surface area contributed by atoms with Crippen molar-refractivity contribution in [2.24, 2.45) is 0 Å². The summed E-state index contributed by atoms with van der Waals surface area (Å²) in [5.74, 6) is 3.73. The van der Waals surface area contributed by atoms with Crippen LogP contribution in [0.2, 0.25) is 0 Å². The summed E-state index contributed by atoms with van der Waals surface area (Å²) in [5.41, 5.74) is 2.69. The highest BCUT2D eigenvalue weighted by Crippen LogP contribution is 2.21. The molecule has 1 aromatic carbocycles. The van der Waals surface area contributed by atoms with Crippen molar-refractivity contribution < 1.29 is 0 Å². The molecule has 1 aliphatic rings. The predicted molar refractivity (Wildman–Crippen MR) is 77.6 cm³/mol. The maximum absolute atomic E-state index is 3.63. The molecule has 1 nitrogen and oxygen atoms in total. The van der Waals surface area contributed by atoms with E-state index in [1.165, 1.54) is 35.6 Å². The normalized spacial score (nSPS) is 17.3. The van der Waals surface area contributed by atoms with Crippen LogP contribution in [0.15, 0.2) is 24.3 Å². The minimum absolute atomic E-state index is 0.688. The van der Waals surface area contributed by atoms with Crippen LogP contribution in [-0.4, -0.2) is 23.8 Å². The third-order valence-electron chi connectivity index (χ3n) is 2.86. The Morgan fingerprint density at radius 1 is 1.25 bits per heavy atom. The van der Waals surface area contributed by atoms with E-state index in [-0.39, 0.29) is 0 Å². The number of nitrogens with one attached hydrogen (secondary N) is 1. The molecular formula is C13H19NS2. The first kappa shape index (κ1) is 12.2. The molecule has 1 saturated heterocycles. The van der Waals surface area contributed by atoms with E-state index in [2.05, 4.69) is 47.6 Å². The van der Waals surface area contributed by atoms with Crippen molar-refractivity contribution in [1.29, 1.82) is 0 Å². The quantitative estimate of drug-likeness (QED) is 0.875. The van der Waals surface area contributed by atoms with E-state index in [0.717, 1.165) is 5.75 Å². The number of benzene rings is 1. The zero-order valence-corrected chi connectivity index (χ0v) is 11.4. The van der Waals surface area contributed by atoms with Crippen LogP contribution >= 0.6 is 23.5 Å². The lowest BCUT2D eigenvalue weighted by atomic mass is 10.1. The Labute approximate surface area is 107 Å². The topological polar surface area (TPSA) is 12.0 Å². The highest BCUT2D eigenvalue weighted by Gasteiger charge is 2.12. The molecule has 1 aliphatic heterocycles. The van der Waals surface area contributed by atoms with Crippen LogP contribution in [0.4, 0.5) is 5.69 Å². The van der Waals surface area contributed by atoms with E-state index in [0.29, 0.717) is 6.04 Å². The van der Waals surface area contributed by atoms with E-state index >= 15 is 0 Å². The van der Waals surface area contributed by atoms with Crippen molar-refractivity contribution in [3.63, 3.8) is 0 Å². The number of rotatable bonds is 4. The first-order chi connectivity index (χ1) is 7.88. The van der Waals surface area contributed by atoms with Crippen molar-refractivity contribution in [2.75, 3.05) is 23.1 Å². The summed E-state index contributed by atoms with van der Waals surface area (Å²) in [4.78, 5) is 0. The van der Waals surface area contributed by atoms with Gasteiger partial charge < -0.3 is 5.32 Å². The molecule has 1 fully saturated rings. The SMILES string of the molecule is CSCc1ccc(NC2CCSCC2)cc1. The minimum atomic E-state index is 0.688. The number of hydrogen-bond donors (Lipinski definition) is 1. The lowest BCUT2D eigenvalue weighted by Gasteiger charge is -2.23. The summed E-state index contributed by atoms with van der Waals surface area (Å²) < 4.78 is 0. The number of thioether (sulfide) groups is 2. The molecule has 0 radical (unpaired) electrons. The predicted octanol–water partition coefficient (Wildman–Crippen LogP) is 3.86. The molecule has 0 saturated carbocycles. The minimum Gasteiger partial charge on any atom is -0.382 e. The van der Waals surface area contributed by atoms with Gasteiger partial charge in [-0.3, -0.25) is 0 Å². The highest BCUT2D eigenvalue weighted by atomic mass is 32.2. The van der Waals surface area contributed by atoms with E-state index in [9.17, 15) is 0 Å². The zero-order valence-electron chi connectivity index (χ0n) is 9.74. The largest absolute Gasteiger partial charge is 0.382 e. The molecule has 0 spiro atoms. The Bertz CT molecular complexity index is 304. The highest BCUT2D eigenvalue weighted by molar-refractivity contribution is 7.99. The third-order valence-corrected chi connectivity index (χ3v) is 4.53. The molecular weight excluding hydrogens is 234 g/mol. The van der Waals surface area contributed by atoms with Gasteiger partial charge in [-0.25, -0.2) is 0 Å². The second-order valence-electron chi connectivity index (χ2n) is 4.16. The van der Waals surface area contributed by atoms with Crippen molar-refractivity contribution >= 4 is 29.2 Å².